The molecule has 104 valence electrons. The predicted molar refractivity (Wildman–Crippen MR) is 67.2 cm³/mol. The zero-order valence-corrected chi connectivity index (χ0v) is 11.1. The highest BCUT2D eigenvalue weighted by atomic mass is 32.1. The number of aromatic nitrogens is 2. The number of nitrogens with zero attached hydrogens (tertiary/aromatic N) is 2. The van der Waals surface area contributed by atoms with E-state index >= 15 is 0 Å². The molecule has 0 bridgehead atoms. The Hall–Kier alpha value is -1.74. The first-order valence-corrected chi connectivity index (χ1v) is 6.54. The molecule has 0 spiro atoms. The molecule has 1 saturated heterocycles. The summed E-state index contributed by atoms with van der Waals surface area (Å²) in [5, 5.41) is 22.8. The SMILES string of the molecule is Cc1nnc(NC(=O)NC2(C(=O)O)CCOCC2)s1. The Labute approximate surface area is 113 Å². The van der Waals surface area contributed by atoms with Gasteiger partial charge in [-0.1, -0.05) is 11.3 Å². The van der Waals surface area contributed by atoms with Crippen molar-refractivity contribution in [2.45, 2.75) is 25.3 Å². The Kier molecular flexibility index (Phi) is 3.96. The summed E-state index contributed by atoms with van der Waals surface area (Å²) in [6.45, 7) is 2.38. The number of carboxylic acids is 1. The largest absolute Gasteiger partial charge is 0.480 e. The summed E-state index contributed by atoms with van der Waals surface area (Å²) in [4.78, 5) is 23.2. The Balaban J connectivity index is 2.01. The van der Waals surface area contributed by atoms with Gasteiger partial charge in [0.15, 0.2) is 0 Å². The number of aliphatic carboxylic acids is 1. The van der Waals surface area contributed by atoms with E-state index in [-0.39, 0.29) is 12.8 Å². The van der Waals surface area contributed by atoms with E-state index in [9.17, 15) is 14.7 Å². The van der Waals surface area contributed by atoms with Crippen LogP contribution in [-0.2, 0) is 9.53 Å². The molecule has 9 heteroatoms. The topological polar surface area (TPSA) is 113 Å². The quantitative estimate of drug-likeness (QED) is 0.750. The van der Waals surface area contributed by atoms with Crippen LogP contribution in [0, 0.1) is 6.92 Å². The van der Waals surface area contributed by atoms with Crippen molar-refractivity contribution in [3.05, 3.63) is 5.01 Å². The first-order chi connectivity index (χ1) is 9.02. The van der Waals surface area contributed by atoms with Crippen LogP contribution in [0.15, 0.2) is 0 Å². The van der Waals surface area contributed by atoms with E-state index in [1.165, 1.54) is 11.3 Å². The molecule has 8 nitrogen and oxygen atoms in total. The highest BCUT2D eigenvalue weighted by Gasteiger charge is 2.41. The molecule has 0 saturated carbocycles. The summed E-state index contributed by atoms with van der Waals surface area (Å²) in [7, 11) is 0. The molecule has 0 atom stereocenters. The van der Waals surface area contributed by atoms with Crippen molar-refractivity contribution in [1.29, 1.82) is 0 Å². The summed E-state index contributed by atoms with van der Waals surface area (Å²) in [5.74, 6) is -1.06. The van der Waals surface area contributed by atoms with E-state index in [4.69, 9.17) is 4.74 Å². The highest BCUT2D eigenvalue weighted by molar-refractivity contribution is 7.15. The van der Waals surface area contributed by atoms with Crippen LogP contribution in [0.4, 0.5) is 9.93 Å². The average Bonchev–Trinajstić information content (AvgIpc) is 2.75. The van der Waals surface area contributed by atoms with Gasteiger partial charge in [0.2, 0.25) is 5.13 Å². The molecule has 0 aliphatic carbocycles. The minimum Gasteiger partial charge on any atom is -0.480 e. The molecule has 1 aromatic heterocycles. The maximum Gasteiger partial charge on any atom is 0.329 e. The number of urea groups is 1. The number of anilines is 1. The molecule has 1 fully saturated rings. The Bertz CT molecular complexity index is 484. The smallest absolute Gasteiger partial charge is 0.329 e. The monoisotopic (exact) mass is 286 g/mol. The van der Waals surface area contributed by atoms with Crippen LogP contribution in [0.3, 0.4) is 0 Å². The van der Waals surface area contributed by atoms with Gasteiger partial charge in [0.1, 0.15) is 10.5 Å². The molecule has 1 aliphatic rings. The molecular formula is C10H14N4O4S. The van der Waals surface area contributed by atoms with Crippen molar-refractivity contribution in [3.8, 4) is 0 Å². The highest BCUT2D eigenvalue weighted by Crippen LogP contribution is 2.21. The molecule has 1 aromatic rings. The van der Waals surface area contributed by atoms with E-state index in [0.717, 1.165) is 0 Å². The van der Waals surface area contributed by atoms with Crippen LogP contribution in [0.5, 0.6) is 0 Å². The molecule has 0 aromatic carbocycles. The fraction of sp³-hybridized carbons (Fsp3) is 0.600. The molecule has 3 N–H and O–H groups in total. The van der Waals surface area contributed by atoms with Gasteiger partial charge in [-0.3, -0.25) is 5.32 Å². The van der Waals surface area contributed by atoms with Gasteiger partial charge < -0.3 is 15.2 Å². The number of nitrogens with one attached hydrogen (secondary N) is 2. The van der Waals surface area contributed by atoms with E-state index in [1.807, 2.05) is 0 Å². The first-order valence-electron chi connectivity index (χ1n) is 5.72. The molecular weight excluding hydrogens is 272 g/mol. The Morgan fingerprint density at radius 3 is 2.58 bits per heavy atom. The normalized spacial score (nSPS) is 17.7. The number of carboxylic acid groups (broad SMARTS) is 1. The van der Waals surface area contributed by atoms with Gasteiger partial charge in [-0.15, -0.1) is 10.2 Å². The van der Waals surface area contributed by atoms with Crippen LogP contribution in [0.25, 0.3) is 0 Å². The van der Waals surface area contributed by atoms with Crippen LogP contribution >= 0.6 is 11.3 Å². The molecule has 2 rings (SSSR count). The van der Waals surface area contributed by atoms with Crippen LogP contribution in [0.2, 0.25) is 0 Å². The molecule has 0 unspecified atom stereocenters. The third-order valence-electron chi connectivity index (χ3n) is 2.86. The molecule has 19 heavy (non-hydrogen) atoms. The van der Waals surface area contributed by atoms with Gasteiger partial charge in [-0.05, 0) is 6.92 Å². The van der Waals surface area contributed by atoms with Crippen molar-refractivity contribution in [2.24, 2.45) is 0 Å². The second-order valence-electron chi connectivity index (χ2n) is 4.20. The van der Waals surface area contributed by atoms with Crippen LogP contribution < -0.4 is 10.6 Å². The molecule has 2 amide bonds. The molecule has 0 radical (unpaired) electrons. The summed E-state index contributed by atoms with van der Waals surface area (Å²) < 4.78 is 5.12. The van der Waals surface area contributed by atoms with Crippen LogP contribution in [-0.4, -0.2) is 46.1 Å². The second kappa shape index (κ2) is 5.49. The van der Waals surface area contributed by atoms with Gasteiger partial charge in [-0.25, -0.2) is 9.59 Å². The van der Waals surface area contributed by atoms with Crippen molar-refractivity contribution < 1.29 is 19.4 Å². The van der Waals surface area contributed by atoms with E-state index in [2.05, 4.69) is 20.8 Å². The number of aryl methyl sites for hydroxylation is 1. The number of ether oxygens (including phenoxy) is 1. The summed E-state index contributed by atoms with van der Waals surface area (Å²) in [6, 6.07) is -0.597. The number of carbonyl (C=O) groups excluding carboxylic acids is 1. The third-order valence-corrected chi connectivity index (χ3v) is 3.61. The number of carbonyl (C=O) groups is 2. The lowest BCUT2D eigenvalue weighted by Gasteiger charge is -2.33. The van der Waals surface area contributed by atoms with E-state index in [1.54, 1.807) is 6.92 Å². The summed E-state index contributed by atoms with van der Waals surface area (Å²) in [5.41, 5.74) is -1.28. The standard InChI is InChI=1S/C10H14N4O4S/c1-6-13-14-9(19-6)11-8(17)12-10(7(15)16)2-4-18-5-3-10/h2-5H2,1H3,(H,15,16)(H2,11,12,14,17). The minimum atomic E-state index is -1.28. The van der Waals surface area contributed by atoms with Crippen molar-refractivity contribution in [3.63, 3.8) is 0 Å². The fourth-order valence-corrected chi connectivity index (χ4v) is 2.39. The zero-order valence-electron chi connectivity index (χ0n) is 10.3. The lowest BCUT2D eigenvalue weighted by molar-refractivity contribution is -0.148. The zero-order chi connectivity index (χ0) is 13.9. The lowest BCUT2D eigenvalue weighted by atomic mass is 9.90. The second-order valence-corrected chi connectivity index (χ2v) is 5.39. The van der Waals surface area contributed by atoms with Crippen molar-refractivity contribution in [2.75, 3.05) is 18.5 Å². The van der Waals surface area contributed by atoms with Gasteiger partial charge in [0, 0.05) is 26.1 Å². The Morgan fingerprint density at radius 1 is 1.37 bits per heavy atom. The average molecular weight is 286 g/mol. The Morgan fingerprint density at radius 2 is 2.05 bits per heavy atom. The number of hydrogen-bond acceptors (Lipinski definition) is 6. The van der Waals surface area contributed by atoms with E-state index in [0.29, 0.717) is 23.4 Å². The van der Waals surface area contributed by atoms with Crippen molar-refractivity contribution >= 4 is 28.5 Å². The van der Waals surface area contributed by atoms with Gasteiger partial charge in [0.25, 0.3) is 0 Å². The maximum atomic E-state index is 11.8. The fourth-order valence-electron chi connectivity index (χ4n) is 1.80. The van der Waals surface area contributed by atoms with Crippen LogP contribution in [0.1, 0.15) is 17.8 Å². The minimum absolute atomic E-state index is 0.241. The summed E-state index contributed by atoms with van der Waals surface area (Å²) >= 11 is 1.22. The lowest BCUT2D eigenvalue weighted by Crippen LogP contribution is -2.58. The first kappa shape index (κ1) is 13.7. The maximum absolute atomic E-state index is 11.8. The predicted octanol–water partition coefficient (Wildman–Crippen LogP) is 0.602. The van der Waals surface area contributed by atoms with Gasteiger partial charge >= 0.3 is 12.0 Å². The van der Waals surface area contributed by atoms with Crippen molar-refractivity contribution in [1.82, 2.24) is 15.5 Å². The number of hydrogen-bond donors (Lipinski definition) is 3. The van der Waals surface area contributed by atoms with Gasteiger partial charge in [0.05, 0.1) is 0 Å². The molecule has 1 aliphatic heterocycles. The number of amides is 2. The van der Waals surface area contributed by atoms with E-state index < -0.39 is 17.5 Å². The molecule has 2 heterocycles. The summed E-state index contributed by atoms with van der Waals surface area (Å²) in [6.07, 6.45) is 0.482. The van der Waals surface area contributed by atoms with Gasteiger partial charge in [-0.2, -0.15) is 0 Å². The number of rotatable bonds is 3. The third kappa shape index (κ3) is 3.18.